The summed E-state index contributed by atoms with van der Waals surface area (Å²) < 4.78 is 5.30. The maximum Gasteiger partial charge on any atom is 0.0636 e. The summed E-state index contributed by atoms with van der Waals surface area (Å²) in [6.07, 6.45) is 2.05. The van der Waals surface area contributed by atoms with Crippen molar-refractivity contribution in [3.8, 4) is 0 Å². The van der Waals surface area contributed by atoms with Gasteiger partial charge in [0.15, 0.2) is 0 Å². The Balaban J connectivity index is 2.17. The van der Waals surface area contributed by atoms with Gasteiger partial charge >= 0.3 is 0 Å². The third-order valence-electron chi connectivity index (χ3n) is 2.71. The van der Waals surface area contributed by atoms with Gasteiger partial charge in [-0.2, -0.15) is 0 Å². The van der Waals surface area contributed by atoms with Crippen LogP contribution < -0.4 is 5.32 Å². The van der Waals surface area contributed by atoms with Crippen LogP contribution in [0.5, 0.6) is 0 Å². The van der Waals surface area contributed by atoms with Crippen LogP contribution in [0, 0.1) is 5.92 Å². The topological polar surface area (TPSA) is 41.5 Å². The molecule has 1 saturated heterocycles. The Bertz CT molecular complexity index is 133. The number of nitrogens with one attached hydrogen (secondary N) is 1. The molecule has 1 rings (SSSR count). The Kier molecular flexibility index (Phi) is 4.70. The highest BCUT2D eigenvalue weighted by Crippen LogP contribution is 2.18. The lowest BCUT2D eigenvalue weighted by atomic mass is 9.93. The maximum absolute atomic E-state index is 9.11. The van der Waals surface area contributed by atoms with Crippen molar-refractivity contribution >= 4 is 0 Å². The van der Waals surface area contributed by atoms with Crippen LogP contribution in [0.3, 0.4) is 0 Å². The van der Waals surface area contributed by atoms with E-state index in [2.05, 4.69) is 12.2 Å². The van der Waals surface area contributed by atoms with Gasteiger partial charge in [0.05, 0.1) is 6.10 Å². The van der Waals surface area contributed by atoms with Crippen LogP contribution in [0.1, 0.15) is 26.7 Å². The van der Waals surface area contributed by atoms with E-state index in [1.165, 1.54) is 0 Å². The lowest BCUT2D eigenvalue weighted by Gasteiger charge is -2.28. The summed E-state index contributed by atoms with van der Waals surface area (Å²) in [4.78, 5) is 0. The molecule has 0 amide bonds. The van der Waals surface area contributed by atoms with E-state index in [9.17, 15) is 0 Å². The van der Waals surface area contributed by atoms with Crippen LogP contribution in [0.25, 0.3) is 0 Å². The molecule has 3 nitrogen and oxygen atoms in total. The van der Waals surface area contributed by atoms with Gasteiger partial charge in [-0.05, 0) is 32.6 Å². The lowest BCUT2D eigenvalue weighted by Crippen LogP contribution is -2.39. The second-order valence-electron chi connectivity index (χ2n) is 4.00. The summed E-state index contributed by atoms with van der Waals surface area (Å²) in [7, 11) is 0. The first-order valence-corrected chi connectivity index (χ1v) is 5.19. The Morgan fingerprint density at radius 1 is 1.38 bits per heavy atom. The third-order valence-corrected chi connectivity index (χ3v) is 2.71. The quantitative estimate of drug-likeness (QED) is 0.683. The molecule has 78 valence electrons. The van der Waals surface area contributed by atoms with E-state index >= 15 is 0 Å². The van der Waals surface area contributed by atoms with Gasteiger partial charge in [0.1, 0.15) is 0 Å². The molecule has 1 aliphatic heterocycles. The highest BCUT2D eigenvalue weighted by atomic mass is 16.5. The van der Waals surface area contributed by atoms with E-state index in [1.54, 1.807) is 0 Å². The van der Waals surface area contributed by atoms with E-state index in [-0.39, 0.29) is 6.10 Å². The molecule has 0 aromatic heterocycles. The van der Waals surface area contributed by atoms with E-state index < -0.39 is 0 Å². The standard InChI is InChI=1S/C10H21NO2/c1-8(12)7-11-9(2)10-3-5-13-6-4-10/h8-12H,3-7H2,1-2H3/t8-,9?/m0/s1. The van der Waals surface area contributed by atoms with Gasteiger partial charge < -0.3 is 15.2 Å². The zero-order valence-electron chi connectivity index (χ0n) is 8.62. The fourth-order valence-electron chi connectivity index (χ4n) is 1.74. The molecule has 0 saturated carbocycles. The number of hydrogen-bond donors (Lipinski definition) is 2. The van der Waals surface area contributed by atoms with Crippen LogP contribution in [-0.2, 0) is 4.74 Å². The van der Waals surface area contributed by atoms with Crippen LogP contribution >= 0.6 is 0 Å². The Labute approximate surface area is 80.5 Å². The van der Waals surface area contributed by atoms with Crippen LogP contribution in [0.2, 0.25) is 0 Å². The zero-order chi connectivity index (χ0) is 9.68. The number of ether oxygens (including phenoxy) is 1. The van der Waals surface area contributed by atoms with E-state index in [0.29, 0.717) is 18.5 Å². The van der Waals surface area contributed by atoms with Crippen molar-refractivity contribution in [1.82, 2.24) is 5.32 Å². The van der Waals surface area contributed by atoms with E-state index in [0.717, 1.165) is 26.1 Å². The molecule has 0 spiro atoms. The monoisotopic (exact) mass is 187 g/mol. The minimum Gasteiger partial charge on any atom is -0.392 e. The molecule has 1 unspecified atom stereocenters. The normalized spacial score (nSPS) is 24.2. The molecule has 1 fully saturated rings. The Morgan fingerprint density at radius 2 is 2.00 bits per heavy atom. The van der Waals surface area contributed by atoms with Crippen molar-refractivity contribution in [3.63, 3.8) is 0 Å². The fourth-order valence-corrected chi connectivity index (χ4v) is 1.74. The van der Waals surface area contributed by atoms with E-state index in [1.807, 2.05) is 6.92 Å². The van der Waals surface area contributed by atoms with Crippen LogP contribution in [0.15, 0.2) is 0 Å². The Hall–Kier alpha value is -0.120. The largest absolute Gasteiger partial charge is 0.392 e. The molecule has 0 aromatic carbocycles. The van der Waals surface area contributed by atoms with Crippen molar-refractivity contribution < 1.29 is 9.84 Å². The van der Waals surface area contributed by atoms with Gasteiger partial charge in [0, 0.05) is 25.8 Å². The summed E-state index contributed by atoms with van der Waals surface area (Å²) in [5.41, 5.74) is 0. The molecule has 0 aromatic rings. The van der Waals surface area contributed by atoms with Gasteiger partial charge in [-0.1, -0.05) is 0 Å². The third kappa shape index (κ3) is 4.07. The summed E-state index contributed by atoms with van der Waals surface area (Å²) in [5, 5.41) is 12.5. The van der Waals surface area contributed by atoms with Crippen molar-refractivity contribution in [2.75, 3.05) is 19.8 Å². The smallest absolute Gasteiger partial charge is 0.0636 e. The first-order valence-electron chi connectivity index (χ1n) is 5.19. The molecule has 0 radical (unpaired) electrons. The van der Waals surface area contributed by atoms with Crippen molar-refractivity contribution in [2.24, 2.45) is 5.92 Å². The molecular formula is C10H21NO2. The first-order chi connectivity index (χ1) is 6.20. The SMILES string of the molecule is CC(NC[C@H](C)O)C1CCOCC1. The first kappa shape index (κ1) is 11.0. The highest BCUT2D eigenvalue weighted by Gasteiger charge is 2.19. The number of aliphatic hydroxyl groups is 1. The lowest BCUT2D eigenvalue weighted by molar-refractivity contribution is 0.0541. The van der Waals surface area contributed by atoms with Crippen molar-refractivity contribution in [1.29, 1.82) is 0 Å². The van der Waals surface area contributed by atoms with Gasteiger partial charge in [-0.25, -0.2) is 0 Å². The zero-order valence-corrected chi connectivity index (χ0v) is 8.62. The molecule has 2 N–H and O–H groups in total. The maximum atomic E-state index is 9.11. The number of aliphatic hydroxyl groups excluding tert-OH is 1. The van der Waals surface area contributed by atoms with Gasteiger partial charge in [0.25, 0.3) is 0 Å². The summed E-state index contributed by atoms with van der Waals surface area (Å²) in [5.74, 6) is 0.715. The predicted molar refractivity (Wildman–Crippen MR) is 52.7 cm³/mol. The van der Waals surface area contributed by atoms with Crippen LogP contribution in [0.4, 0.5) is 0 Å². The predicted octanol–water partition coefficient (Wildman–Crippen LogP) is 0.772. The molecule has 0 aliphatic carbocycles. The Morgan fingerprint density at radius 3 is 2.54 bits per heavy atom. The average molecular weight is 187 g/mol. The van der Waals surface area contributed by atoms with Gasteiger partial charge in [0.2, 0.25) is 0 Å². The molecule has 0 bridgehead atoms. The van der Waals surface area contributed by atoms with Gasteiger partial charge in [-0.3, -0.25) is 0 Å². The van der Waals surface area contributed by atoms with Crippen molar-refractivity contribution in [2.45, 2.75) is 38.8 Å². The molecule has 1 aliphatic rings. The number of hydrogen-bond acceptors (Lipinski definition) is 3. The second kappa shape index (κ2) is 5.58. The summed E-state index contributed by atoms with van der Waals surface area (Å²) >= 11 is 0. The minimum absolute atomic E-state index is 0.248. The minimum atomic E-state index is -0.248. The summed E-state index contributed by atoms with van der Waals surface area (Å²) in [6, 6.07) is 0.499. The summed E-state index contributed by atoms with van der Waals surface area (Å²) in [6.45, 7) is 6.48. The molecular weight excluding hydrogens is 166 g/mol. The van der Waals surface area contributed by atoms with Gasteiger partial charge in [-0.15, -0.1) is 0 Å². The van der Waals surface area contributed by atoms with Crippen molar-refractivity contribution in [3.05, 3.63) is 0 Å². The highest BCUT2D eigenvalue weighted by molar-refractivity contribution is 4.75. The molecule has 2 atom stereocenters. The van der Waals surface area contributed by atoms with Crippen LogP contribution in [-0.4, -0.2) is 37.0 Å². The number of rotatable bonds is 4. The average Bonchev–Trinajstić information content (AvgIpc) is 2.15. The molecule has 1 heterocycles. The molecule has 13 heavy (non-hydrogen) atoms. The van der Waals surface area contributed by atoms with E-state index in [4.69, 9.17) is 9.84 Å². The fraction of sp³-hybridized carbons (Fsp3) is 1.00. The molecule has 3 heteroatoms. The second-order valence-corrected chi connectivity index (χ2v) is 4.00.